The molecule has 0 radical (unpaired) electrons. The summed E-state index contributed by atoms with van der Waals surface area (Å²) in [6.45, 7) is 0. The van der Waals surface area contributed by atoms with Crippen molar-refractivity contribution in [3.8, 4) is 0 Å². The van der Waals surface area contributed by atoms with Crippen LogP contribution in [0.1, 0.15) is 15.9 Å². The summed E-state index contributed by atoms with van der Waals surface area (Å²) in [6, 6.07) is 16.2. The first-order valence-electron chi connectivity index (χ1n) is 6.23. The van der Waals surface area contributed by atoms with Crippen LogP contribution in [0.3, 0.4) is 0 Å². The van der Waals surface area contributed by atoms with E-state index in [1.807, 2.05) is 24.3 Å². The van der Waals surface area contributed by atoms with Gasteiger partial charge in [0.05, 0.1) is 5.69 Å². The number of amides is 1. The first-order chi connectivity index (χ1) is 9.56. The number of ketones is 1. The summed E-state index contributed by atoms with van der Waals surface area (Å²) < 4.78 is -1.34. The predicted octanol–water partition coefficient (Wildman–Crippen LogP) is 3.14. The van der Waals surface area contributed by atoms with Gasteiger partial charge in [-0.2, -0.15) is 0 Å². The van der Waals surface area contributed by atoms with Crippen molar-refractivity contribution in [3.05, 3.63) is 65.7 Å². The maximum atomic E-state index is 12.8. The molecule has 0 unspecified atom stereocenters. The Morgan fingerprint density at radius 1 is 0.950 bits per heavy atom. The molecule has 100 valence electrons. The minimum Gasteiger partial charge on any atom is -0.313 e. The van der Waals surface area contributed by atoms with Crippen molar-refractivity contribution in [3.63, 3.8) is 0 Å². The van der Waals surface area contributed by atoms with E-state index in [1.54, 1.807) is 37.4 Å². The van der Waals surface area contributed by atoms with Gasteiger partial charge in [0.15, 0.2) is 10.1 Å². The summed E-state index contributed by atoms with van der Waals surface area (Å²) in [4.78, 5) is 27.0. The predicted molar refractivity (Wildman–Crippen MR) is 81.2 cm³/mol. The van der Waals surface area contributed by atoms with E-state index in [4.69, 9.17) is 0 Å². The highest BCUT2D eigenvalue weighted by molar-refractivity contribution is 9.10. The molecule has 2 aromatic rings. The fraction of sp³-hybridized carbons (Fsp3) is 0.125. The van der Waals surface area contributed by atoms with Crippen LogP contribution < -0.4 is 4.90 Å². The number of carbonyl (C=O) groups is 2. The number of hydrogen-bond acceptors (Lipinski definition) is 2. The number of carbonyl (C=O) groups excluding carboxylic acids is 2. The minimum absolute atomic E-state index is 0.220. The molecule has 0 saturated heterocycles. The smallest absolute Gasteiger partial charge is 0.256 e. The Hall–Kier alpha value is -1.94. The summed E-state index contributed by atoms with van der Waals surface area (Å²) >= 11 is 3.40. The molecule has 0 aliphatic carbocycles. The van der Waals surface area contributed by atoms with Crippen LogP contribution in [0.15, 0.2) is 54.6 Å². The summed E-state index contributed by atoms with van der Waals surface area (Å²) in [6.07, 6.45) is 0. The number of benzene rings is 2. The first kappa shape index (κ1) is 13.1. The van der Waals surface area contributed by atoms with Crippen molar-refractivity contribution in [2.24, 2.45) is 0 Å². The van der Waals surface area contributed by atoms with Gasteiger partial charge in [0.1, 0.15) is 0 Å². The van der Waals surface area contributed by atoms with Crippen LogP contribution in [0.5, 0.6) is 0 Å². The molecule has 3 nitrogen and oxygen atoms in total. The van der Waals surface area contributed by atoms with Crippen molar-refractivity contribution < 1.29 is 9.59 Å². The van der Waals surface area contributed by atoms with Gasteiger partial charge < -0.3 is 4.90 Å². The van der Waals surface area contributed by atoms with E-state index >= 15 is 0 Å². The fourth-order valence-electron chi connectivity index (χ4n) is 2.50. The topological polar surface area (TPSA) is 37.4 Å². The van der Waals surface area contributed by atoms with E-state index in [1.165, 1.54) is 4.90 Å². The molecule has 3 rings (SSSR count). The molecule has 1 atom stereocenters. The third kappa shape index (κ3) is 1.64. The lowest BCUT2D eigenvalue weighted by Gasteiger charge is -2.36. The number of hydrogen-bond donors (Lipinski definition) is 0. The van der Waals surface area contributed by atoms with Crippen molar-refractivity contribution in [1.82, 2.24) is 0 Å². The van der Waals surface area contributed by atoms with Gasteiger partial charge in [-0.1, -0.05) is 58.4 Å². The summed E-state index contributed by atoms with van der Waals surface area (Å²) in [5.74, 6) is -0.491. The van der Waals surface area contributed by atoms with Crippen molar-refractivity contribution in [1.29, 1.82) is 0 Å². The summed E-state index contributed by atoms with van der Waals surface area (Å²) in [5, 5.41) is 0. The fourth-order valence-corrected chi connectivity index (χ4v) is 3.25. The first-order valence-corrected chi connectivity index (χ1v) is 7.02. The number of likely N-dealkylation sites (N-methyl/N-ethyl adjacent to an activating group) is 1. The number of alkyl halides is 1. The molecule has 0 spiro atoms. The third-order valence-electron chi connectivity index (χ3n) is 3.59. The van der Waals surface area contributed by atoms with Gasteiger partial charge in [0, 0.05) is 12.6 Å². The van der Waals surface area contributed by atoms with Gasteiger partial charge in [-0.15, -0.1) is 0 Å². The molecular weight excluding hydrogens is 318 g/mol. The summed E-state index contributed by atoms with van der Waals surface area (Å²) in [5.41, 5.74) is 1.85. The second kappa shape index (κ2) is 4.56. The zero-order valence-corrected chi connectivity index (χ0v) is 12.4. The molecule has 1 heterocycles. The Labute approximate surface area is 125 Å². The average Bonchev–Trinajstić information content (AvgIpc) is 2.51. The molecule has 1 aliphatic rings. The quantitative estimate of drug-likeness (QED) is 0.595. The SMILES string of the molecule is CN1C(=O)[C@@](Br)(c2ccccc2)C(=O)c2ccccc21. The number of anilines is 1. The van der Waals surface area contributed by atoms with Gasteiger partial charge in [0.25, 0.3) is 5.91 Å². The van der Waals surface area contributed by atoms with Crippen LogP contribution in [0.4, 0.5) is 5.69 Å². The molecule has 0 aromatic heterocycles. The number of rotatable bonds is 1. The van der Waals surface area contributed by atoms with Gasteiger partial charge in [-0.3, -0.25) is 9.59 Å². The van der Waals surface area contributed by atoms with E-state index in [0.29, 0.717) is 16.8 Å². The van der Waals surface area contributed by atoms with Crippen molar-refractivity contribution in [2.45, 2.75) is 4.32 Å². The number of halogens is 1. The number of Topliss-reactive ketones (excluding diaryl/α,β-unsaturated/α-hetero) is 1. The number of para-hydroxylation sites is 1. The standard InChI is InChI=1S/C16H12BrNO2/c1-18-13-10-6-5-9-12(13)14(19)16(17,15(18)20)11-7-3-2-4-8-11/h2-10H,1H3/t16-/m1/s1. The van der Waals surface area contributed by atoms with Crippen molar-refractivity contribution in [2.75, 3.05) is 11.9 Å². The molecule has 1 amide bonds. The molecule has 4 heteroatoms. The second-order valence-corrected chi connectivity index (χ2v) is 5.92. The molecule has 0 bridgehead atoms. The highest BCUT2D eigenvalue weighted by atomic mass is 79.9. The number of fused-ring (bicyclic) bond motifs is 1. The van der Waals surface area contributed by atoms with Crippen LogP contribution in [0.2, 0.25) is 0 Å². The largest absolute Gasteiger partial charge is 0.313 e. The van der Waals surface area contributed by atoms with E-state index in [9.17, 15) is 9.59 Å². The second-order valence-electron chi connectivity index (χ2n) is 4.73. The van der Waals surface area contributed by atoms with Gasteiger partial charge in [-0.25, -0.2) is 0 Å². The van der Waals surface area contributed by atoms with Gasteiger partial charge in [-0.05, 0) is 17.7 Å². The van der Waals surface area contributed by atoms with Crippen LogP contribution in [-0.2, 0) is 9.12 Å². The Morgan fingerprint density at radius 3 is 2.25 bits per heavy atom. The molecule has 20 heavy (non-hydrogen) atoms. The number of nitrogens with zero attached hydrogens (tertiary/aromatic N) is 1. The maximum Gasteiger partial charge on any atom is 0.256 e. The Morgan fingerprint density at radius 2 is 1.55 bits per heavy atom. The highest BCUT2D eigenvalue weighted by Crippen LogP contribution is 2.43. The molecule has 0 N–H and O–H groups in total. The van der Waals surface area contributed by atoms with Gasteiger partial charge >= 0.3 is 0 Å². The highest BCUT2D eigenvalue weighted by Gasteiger charge is 2.51. The minimum atomic E-state index is -1.34. The van der Waals surface area contributed by atoms with E-state index in [0.717, 1.165) is 0 Å². The van der Waals surface area contributed by atoms with Crippen molar-refractivity contribution >= 4 is 33.3 Å². The van der Waals surface area contributed by atoms with Crippen LogP contribution >= 0.6 is 15.9 Å². The van der Waals surface area contributed by atoms with Crippen LogP contribution in [-0.4, -0.2) is 18.7 Å². The Kier molecular flexibility index (Phi) is 2.98. The lowest BCUT2D eigenvalue weighted by atomic mass is 9.85. The molecular formula is C16H12BrNO2. The Bertz CT molecular complexity index is 699. The monoisotopic (exact) mass is 329 g/mol. The van der Waals surface area contributed by atoms with Crippen LogP contribution in [0, 0.1) is 0 Å². The van der Waals surface area contributed by atoms with Gasteiger partial charge in [0.2, 0.25) is 0 Å². The van der Waals surface area contributed by atoms with E-state index in [2.05, 4.69) is 15.9 Å². The van der Waals surface area contributed by atoms with Crippen LogP contribution in [0.25, 0.3) is 0 Å². The summed E-state index contributed by atoms with van der Waals surface area (Å²) in [7, 11) is 1.69. The molecule has 2 aromatic carbocycles. The third-order valence-corrected chi connectivity index (χ3v) is 4.75. The van der Waals surface area contributed by atoms with E-state index in [-0.39, 0.29) is 11.7 Å². The molecule has 0 saturated carbocycles. The zero-order chi connectivity index (χ0) is 14.3. The lowest BCUT2D eigenvalue weighted by molar-refractivity contribution is -0.119. The lowest BCUT2D eigenvalue weighted by Crippen LogP contribution is -2.51. The van der Waals surface area contributed by atoms with E-state index < -0.39 is 4.32 Å². The molecule has 0 fully saturated rings. The average molecular weight is 330 g/mol. The normalized spacial score (nSPS) is 21.8. The molecule has 1 aliphatic heterocycles. The zero-order valence-electron chi connectivity index (χ0n) is 10.8. The Balaban J connectivity index is 2.24. The maximum absolute atomic E-state index is 12.8.